The highest BCUT2D eigenvalue weighted by molar-refractivity contribution is 6.35. The summed E-state index contributed by atoms with van der Waals surface area (Å²) in [5.74, 6) is 0.850. The number of hydrogen-bond acceptors (Lipinski definition) is 3. The normalized spacial score (nSPS) is 11.1. The van der Waals surface area contributed by atoms with E-state index in [9.17, 15) is 0 Å². The Morgan fingerprint density at radius 1 is 1.09 bits per heavy atom. The first kappa shape index (κ1) is 16.7. The molecule has 0 aliphatic carbocycles. The predicted octanol–water partition coefficient (Wildman–Crippen LogP) is 4.90. The second-order valence-corrected chi connectivity index (χ2v) is 5.84. The fourth-order valence-corrected chi connectivity index (χ4v) is 2.38. The van der Waals surface area contributed by atoms with E-state index in [0.29, 0.717) is 16.6 Å². The molecule has 0 unspecified atom stereocenters. The van der Waals surface area contributed by atoms with Crippen LogP contribution in [-0.4, -0.2) is 12.3 Å². The minimum absolute atomic E-state index is 0.168. The molecule has 0 atom stereocenters. The molecule has 5 heteroatoms. The molecule has 0 bridgehead atoms. The highest BCUT2D eigenvalue weighted by Crippen LogP contribution is 2.23. The van der Waals surface area contributed by atoms with Gasteiger partial charge in [0, 0.05) is 15.6 Å². The monoisotopic (exact) mass is 336 g/mol. The van der Waals surface area contributed by atoms with Crippen molar-refractivity contribution in [2.24, 2.45) is 5.10 Å². The summed E-state index contributed by atoms with van der Waals surface area (Å²) in [5, 5.41) is 5.44. The molecule has 2 aromatic rings. The van der Waals surface area contributed by atoms with Crippen molar-refractivity contribution in [3.8, 4) is 5.75 Å². The van der Waals surface area contributed by atoms with Gasteiger partial charge in [0.25, 0.3) is 0 Å². The van der Waals surface area contributed by atoms with Gasteiger partial charge >= 0.3 is 0 Å². The molecule has 3 nitrogen and oxygen atoms in total. The lowest BCUT2D eigenvalue weighted by molar-refractivity contribution is 0.242. The fourth-order valence-electron chi connectivity index (χ4n) is 1.85. The highest BCUT2D eigenvalue weighted by Gasteiger charge is 2.03. The molecular formula is C17H18Cl2N2O. The maximum atomic E-state index is 6.09. The smallest absolute Gasteiger partial charge is 0.119 e. The summed E-state index contributed by atoms with van der Waals surface area (Å²) in [7, 11) is 0. The lowest BCUT2D eigenvalue weighted by Crippen LogP contribution is -2.07. The van der Waals surface area contributed by atoms with Crippen LogP contribution in [0.4, 0.5) is 0 Å². The van der Waals surface area contributed by atoms with Crippen LogP contribution in [0.5, 0.6) is 5.75 Å². The van der Waals surface area contributed by atoms with Crippen molar-refractivity contribution < 1.29 is 4.74 Å². The zero-order valence-electron chi connectivity index (χ0n) is 12.5. The Labute approximate surface area is 140 Å². The molecule has 0 saturated heterocycles. The van der Waals surface area contributed by atoms with Gasteiger partial charge in [-0.25, -0.2) is 0 Å². The Hall–Kier alpha value is -1.71. The summed E-state index contributed by atoms with van der Waals surface area (Å²) in [5.41, 5.74) is 4.77. The first-order valence-electron chi connectivity index (χ1n) is 7.02. The van der Waals surface area contributed by atoms with Gasteiger partial charge in [-0.1, -0.05) is 29.3 Å². The van der Waals surface area contributed by atoms with Gasteiger partial charge in [-0.05, 0) is 55.8 Å². The van der Waals surface area contributed by atoms with E-state index >= 15 is 0 Å². The van der Waals surface area contributed by atoms with Gasteiger partial charge in [0.05, 0.1) is 18.9 Å². The lowest BCUT2D eigenvalue weighted by Gasteiger charge is -2.09. The molecule has 116 valence electrons. The highest BCUT2D eigenvalue weighted by atomic mass is 35.5. The average Bonchev–Trinajstić information content (AvgIpc) is 2.47. The number of benzene rings is 2. The van der Waals surface area contributed by atoms with Gasteiger partial charge in [-0.15, -0.1) is 0 Å². The van der Waals surface area contributed by atoms with Crippen LogP contribution < -0.4 is 10.2 Å². The number of rotatable bonds is 6. The van der Waals surface area contributed by atoms with Gasteiger partial charge in [0.1, 0.15) is 5.75 Å². The van der Waals surface area contributed by atoms with Crippen LogP contribution in [-0.2, 0) is 6.54 Å². The summed E-state index contributed by atoms with van der Waals surface area (Å²) < 4.78 is 5.59. The molecule has 0 aromatic heterocycles. The first-order valence-corrected chi connectivity index (χ1v) is 7.77. The van der Waals surface area contributed by atoms with E-state index in [-0.39, 0.29) is 6.10 Å². The van der Waals surface area contributed by atoms with Crippen molar-refractivity contribution in [3.63, 3.8) is 0 Å². The molecule has 0 amide bonds. The number of hydrogen-bond donors (Lipinski definition) is 1. The van der Waals surface area contributed by atoms with Crippen LogP contribution in [0.2, 0.25) is 10.0 Å². The van der Waals surface area contributed by atoms with Crippen LogP contribution in [0.3, 0.4) is 0 Å². The lowest BCUT2D eigenvalue weighted by atomic mass is 10.2. The molecule has 2 aromatic carbocycles. The van der Waals surface area contributed by atoms with Crippen molar-refractivity contribution in [2.45, 2.75) is 26.5 Å². The van der Waals surface area contributed by atoms with E-state index in [4.69, 9.17) is 27.9 Å². The SMILES string of the molecule is CC(C)Oc1ccc(/C=N\NCc2c(Cl)cccc2Cl)cc1. The summed E-state index contributed by atoms with van der Waals surface area (Å²) in [6.07, 6.45) is 1.91. The molecule has 1 N–H and O–H groups in total. The maximum Gasteiger partial charge on any atom is 0.119 e. The zero-order chi connectivity index (χ0) is 15.9. The molecule has 0 spiro atoms. The third kappa shape index (κ3) is 4.93. The summed E-state index contributed by atoms with van der Waals surface area (Å²) >= 11 is 12.2. The minimum Gasteiger partial charge on any atom is -0.491 e. The van der Waals surface area contributed by atoms with Crippen LogP contribution in [0.1, 0.15) is 25.0 Å². The number of nitrogens with one attached hydrogen (secondary N) is 1. The Bertz CT molecular complexity index is 619. The van der Waals surface area contributed by atoms with E-state index in [2.05, 4.69) is 10.5 Å². The first-order chi connectivity index (χ1) is 10.6. The topological polar surface area (TPSA) is 33.6 Å². The Kier molecular flexibility index (Phi) is 6.10. The molecule has 2 rings (SSSR count). The summed E-state index contributed by atoms with van der Waals surface area (Å²) in [6, 6.07) is 13.2. The quantitative estimate of drug-likeness (QED) is 0.601. The van der Waals surface area contributed by atoms with Gasteiger partial charge < -0.3 is 10.2 Å². The van der Waals surface area contributed by atoms with Gasteiger partial charge in [-0.3, -0.25) is 0 Å². The van der Waals surface area contributed by atoms with E-state index < -0.39 is 0 Å². The molecule has 0 saturated carbocycles. The second kappa shape index (κ2) is 8.06. The van der Waals surface area contributed by atoms with Crippen molar-refractivity contribution in [1.29, 1.82) is 0 Å². The standard InChI is InChI=1S/C17H18Cl2N2O/c1-12(2)22-14-8-6-13(7-9-14)10-20-21-11-15-16(18)4-3-5-17(15)19/h3-10,12,21H,11H2,1-2H3/b20-10-. The van der Waals surface area contributed by atoms with E-state index in [1.54, 1.807) is 6.21 Å². The number of nitrogens with zero attached hydrogens (tertiary/aromatic N) is 1. The summed E-state index contributed by atoms with van der Waals surface area (Å²) in [6.45, 7) is 4.47. The van der Waals surface area contributed by atoms with Crippen molar-refractivity contribution in [2.75, 3.05) is 0 Å². The minimum atomic E-state index is 0.168. The van der Waals surface area contributed by atoms with Gasteiger partial charge in [0.2, 0.25) is 0 Å². The molecule has 0 aliphatic rings. The van der Waals surface area contributed by atoms with E-state index in [0.717, 1.165) is 16.9 Å². The molecule has 22 heavy (non-hydrogen) atoms. The van der Waals surface area contributed by atoms with E-state index in [1.165, 1.54) is 0 Å². The molecule has 0 radical (unpaired) electrons. The molecular weight excluding hydrogens is 319 g/mol. The van der Waals surface area contributed by atoms with Crippen molar-refractivity contribution in [1.82, 2.24) is 5.43 Å². The molecule has 0 heterocycles. The Balaban J connectivity index is 1.90. The number of hydrazone groups is 1. The average molecular weight is 337 g/mol. The number of ether oxygens (including phenoxy) is 1. The molecule has 0 aliphatic heterocycles. The second-order valence-electron chi connectivity index (χ2n) is 5.03. The summed E-state index contributed by atoms with van der Waals surface area (Å²) in [4.78, 5) is 0. The van der Waals surface area contributed by atoms with Crippen LogP contribution in [0.15, 0.2) is 47.6 Å². The third-order valence-electron chi connectivity index (χ3n) is 2.87. The van der Waals surface area contributed by atoms with Gasteiger partial charge in [0.15, 0.2) is 0 Å². The third-order valence-corrected chi connectivity index (χ3v) is 3.58. The van der Waals surface area contributed by atoms with Crippen molar-refractivity contribution in [3.05, 3.63) is 63.6 Å². The predicted molar refractivity (Wildman–Crippen MR) is 93.1 cm³/mol. The van der Waals surface area contributed by atoms with Gasteiger partial charge in [-0.2, -0.15) is 5.10 Å². The fraction of sp³-hybridized carbons (Fsp3) is 0.235. The number of halogens is 2. The maximum absolute atomic E-state index is 6.09. The van der Waals surface area contributed by atoms with Crippen LogP contribution in [0, 0.1) is 0 Å². The Morgan fingerprint density at radius 2 is 1.73 bits per heavy atom. The zero-order valence-corrected chi connectivity index (χ0v) is 14.0. The van der Waals surface area contributed by atoms with Crippen molar-refractivity contribution >= 4 is 29.4 Å². The molecule has 0 fully saturated rings. The largest absolute Gasteiger partial charge is 0.491 e. The Morgan fingerprint density at radius 3 is 2.32 bits per heavy atom. The van der Waals surface area contributed by atoms with Crippen LogP contribution >= 0.6 is 23.2 Å². The van der Waals surface area contributed by atoms with Crippen LogP contribution in [0.25, 0.3) is 0 Å². The van der Waals surface area contributed by atoms with E-state index in [1.807, 2.05) is 56.3 Å².